The van der Waals surface area contributed by atoms with Crippen molar-refractivity contribution in [2.24, 2.45) is 103 Å². The fourth-order valence-electron chi connectivity index (χ4n) is 22.7. The molecule has 0 bridgehead atoms. The molecule has 4 aromatic carbocycles. The largest absolute Gasteiger partial charge is 0.494 e. The molecule has 8 aliphatic carbocycles. The number of rotatable bonds is 36. The average Bonchev–Trinajstić information content (AvgIpc) is 1.70. The van der Waals surface area contributed by atoms with Crippen molar-refractivity contribution in [3.63, 3.8) is 0 Å². The number of esters is 2. The van der Waals surface area contributed by atoms with Crippen LogP contribution in [0.2, 0.25) is 0 Å². The van der Waals surface area contributed by atoms with Gasteiger partial charge in [0.2, 0.25) is 0 Å². The Labute approximate surface area is 634 Å². The van der Waals surface area contributed by atoms with Crippen molar-refractivity contribution in [1.82, 2.24) is 0 Å². The zero-order chi connectivity index (χ0) is 73.6. The lowest BCUT2D eigenvalue weighted by atomic mass is 9.47. The van der Waals surface area contributed by atoms with E-state index in [4.69, 9.17) is 28.4 Å². The molecule has 0 spiro atoms. The first-order chi connectivity index (χ1) is 50.8. The third kappa shape index (κ3) is 19.7. The number of carbonyl (C=O) groups excluding carboxylic acids is 2. The Hall–Kier alpha value is -6.16. The van der Waals surface area contributed by atoms with Crippen LogP contribution in [0.25, 0.3) is 0 Å². The molecule has 105 heavy (non-hydrogen) atoms. The lowest BCUT2D eigenvalue weighted by Crippen LogP contribution is -2.51. The SMILES string of the molecule is CC(C)CCC[C@@H](C)[C@H]1CC[C@H]2[C@@H]3CC=C4C[C@@H](OC(=O)CCCCOc5ccc(C=Nc6ccc(OCCCCCOc7ccc(N=Cc8ccc(OCCCCC(=O)O[C@H]9CC[C@@]%10(C)C(=CC[C@H]%11[C@@H]%12CC[C@H]([C@H](C)CCCC(C)C)[C@@]%12(C)CC[C@@H]%11%10)C9)cc8)cc7)cc6)cc5)CC[C@]4(C)[C@H]3CC[C@]12C. The molecule has 0 aliphatic heterocycles. The molecule has 6 fully saturated rings. The van der Waals surface area contributed by atoms with Gasteiger partial charge in [-0.1, -0.05) is 131 Å². The second kappa shape index (κ2) is 36.4. The van der Waals surface area contributed by atoms with Crippen molar-refractivity contribution in [3.05, 3.63) is 131 Å². The molecule has 16 atom stereocenters. The first-order valence-electron chi connectivity index (χ1n) is 42.5. The van der Waals surface area contributed by atoms with Gasteiger partial charge in [0.15, 0.2) is 0 Å². The number of fused-ring (bicyclic) bond motifs is 10. The third-order valence-corrected chi connectivity index (χ3v) is 28.7. The lowest BCUT2D eigenvalue weighted by molar-refractivity contribution is -0.152. The minimum atomic E-state index is -0.0596. The molecular weight excluding hydrogens is 1300 g/mol. The van der Waals surface area contributed by atoms with Crippen molar-refractivity contribution >= 4 is 35.7 Å². The van der Waals surface area contributed by atoms with Gasteiger partial charge in [0, 0.05) is 38.1 Å². The predicted molar refractivity (Wildman–Crippen MR) is 430 cm³/mol. The highest BCUT2D eigenvalue weighted by Crippen LogP contribution is 2.69. The fraction of sp³-hybridized carbons (Fsp3) is 0.663. The highest BCUT2D eigenvalue weighted by Gasteiger charge is 2.61. The number of ether oxygens (including phenoxy) is 6. The summed E-state index contributed by atoms with van der Waals surface area (Å²) >= 11 is 0. The number of aliphatic imine (C=N–C) groups is 2. The van der Waals surface area contributed by atoms with Gasteiger partial charge >= 0.3 is 11.9 Å². The molecule has 0 heterocycles. The number of nitrogens with zero attached hydrogens (tertiary/aromatic N) is 2. The van der Waals surface area contributed by atoms with E-state index in [1.165, 1.54) is 103 Å². The van der Waals surface area contributed by atoms with Crippen molar-refractivity contribution in [2.45, 2.75) is 280 Å². The van der Waals surface area contributed by atoms with Crippen molar-refractivity contribution in [2.75, 3.05) is 26.4 Å². The molecule has 8 aliphatic rings. The molecule has 0 unspecified atom stereocenters. The Morgan fingerprint density at radius 2 is 0.771 bits per heavy atom. The number of carbonyl (C=O) groups is 2. The zero-order valence-electron chi connectivity index (χ0n) is 66.5. The van der Waals surface area contributed by atoms with E-state index in [2.05, 4.69) is 91.4 Å². The number of hydrogen-bond donors (Lipinski definition) is 0. The monoisotopic (exact) mass is 1430 g/mol. The summed E-state index contributed by atoms with van der Waals surface area (Å²) in [5, 5.41) is 0. The first kappa shape index (κ1) is 78.4. The number of unbranched alkanes of at least 4 members (excludes halogenated alkanes) is 4. The minimum Gasteiger partial charge on any atom is -0.494 e. The number of benzene rings is 4. The number of hydrogen-bond acceptors (Lipinski definition) is 10. The molecule has 0 aromatic heterocycles. The van der Waals surface area contributed by atoms with Crippen LogP contribution < -0.4 is 18.9 Å². The fourth-order valence-corrected chi connectivity index (χ4v) is 22.7. The topological polar surface area (TPSA) is 114 Å². The van der Waals surface area contributed by atoms with Crippen LogP contribution in [0.15, 0.2) is 130 Å². The van der Waals surface area contributed by atoms with Gasteiger partial charge in [-0.3, -0.25) is 19.6 Å². The minimum absolute atomic E-state index is 0.0124. The van der Waals surface area contributed by atoms with E-state index in [1.54, 1.807) is 11.1 Å². The van der Waals surface area contributed by atoms with Gasteiger partial charge in [-0.2, -0.15) is 0 Å². The standard InChI is InChI=1S/C95H134N2O8/c1-66(2)20-18-22-68(5)84-46-48-86-82-44-30-72-62-80(50-54-92(72,7)88(82)52-56-94(84,86)9)104-90(98)24-12-16-60-102-76-36-26-70(27-37-76)64-96-74-32-40-78(41-33-74)100-58-14-11-15-59-101-79-42-34-75(35-43-79)97-65-71-28-38-77(39-29-71)103-61-17-13-25-91(99)105-81-51-55-93(8)73(63-81)31-45-83-87-49-47-85(69(6)23-19-21-67(3)4)95(87,10)57-53-89(83)93/h26-43,64-69,80-89H,11-25,44-63H2,1-10H3/t68-,69-,80+,81+,82+,83+,84-,85-,86+,87+,88+,89+,92+,93+,94-,95-/m1/s1. The summed E-state index contributed by atoms with van der Waals surface area (Å²) < 4.78 is 36.6. The van der Waals surface area contributed by atoms with E-state index in [-0.39, 0.29) is 35.0 Å². The van der Waals surface area contributed by atoms with E-state index in [1.807, 2.05) is 109 Å². The Bertz CT molecular complexity index is 3300. The van der Waals surface area contributed by atoms with Gasteiger partial charge in [-0.15, -0.1) is 0 Å². The molecular formula is C95H134N2O8. The molecule has 6 saturated carbocycles. The van der Waals surface area contributed by atoms with Gasteiger partial charge in [0.25, 0.3) is 0 Å². The van der Waals surface area contributed by atoms with Crippen LogP contribution in [0.1, 0.15) is 279 Å². The second-order valence-corrected chi connectivity index (χ2v) is 36.3. The quantitative estimate of drug-likeness (QED) is 0.0191. The highest BCUT2D eigenvalue weighted by atomic mass is 16.5. The molecule has 12 rings (SSSR count). The molecule has 0 radical (unpaired) electrons. The van der Waals surface area contributed by atoms with Crippen LogP contribution in [0, 0.1) is 92.7 Å². The summed E-state index contributed by atoms with van der Waals surface area (Å²) in [5.74, 6) is 13.2. The van der Waals surface area contributed by atoms with Gasteiger partial charge in [0.05, 0.1) is 37.8 Å². The molecule has 10 nitrogen and oxygen atoms in total. The Kier molecular flexibility index (Phi) is 27.2. The van der Waals surface area contributed by atoms with Crippen LogP contribution in [0.4, 0.5) is 11.4 Å². The summed E-state index contributed by atoms with van der Waals surface area (Å²) in [6.45, 7) is 27.6. The van der Waals surface area contributed by atoms with Crippen molar-refractivity contribution in [1.29, 1.82) is 0 Å². The van der Waals surface area contributed by atoms with Gasteiger partial charge in [-0.05, 0) is 336 Å². The van der Waals surface area contributed by atoms with Crippen LogP contribution in [0.5, 0.6) is 23.0 Å². The lowest BCUT2D eigenvalue weighted by Gasteiger charge is -2.58. The van der Waals surface area contributed by atoms with Crippen LogP contribution in [-0.4, -0.2) is 63.0 Å². The van der Waals surface area contributed by atoms with E-state index >= 15 is 0 Å². The van der Waals surface area contributed by atoms with E-state index < -0.39 is 0 Å². The van der Waals surface area contributed by atoms with E-state index in [9.17, 15) is 9.59 Å². The van der Waals surface area contributed by atoms with Crippen LogP contribution in [-0.2, 0) is 19.1 Å². The summed E-state index contributed by atoms with van der Waals surface area (Å²) in [6, 6.07) is 31.8. The van der Waals surface area contributed by atoms with Crippen molar-refractivity contribution in [3.8, 4) is 23.0 Å². The second-order valence-electron chi connectivity index (χ2n) is 36.3. The maximum atomic E-state index is 13.1. The Morgan fingerprint density at radius 3 is 1.14 bits per heavy atom. The van der Waals surface area contributed by atoms with Gasteiger partial charge < -0.3 is 28.4 Å². The molecule has 10 heteroatoms. The number of allylic oxidation sites excluding steroid dienone is 2. The molecule has 4 aromatic rings. The molecule has 0 amide bonds. The van der Waals surface area contributed by atoms with Gasteiger partial charge in [-0.25, -0.2) is 0 Å². The van der Waals surface area contributed by atoms with Crippen LogP contribution >= 0.6 is 0 Å². The predicted octanol–water partition coefficient (Wildman–Crippen LogP) is 24.8. The summed E-state index contributed by atoms with van der Waals surface area (Å²) in [4.78, 5) is 35.6. The molecule has 572 valence electrons. The highest BCUT2D eigenvalue weighted by molar-refractivity contribution is 5.83. The van der Waals surface area contributed by atoms with E-state index in [0.717, 1.165) is 200 Å². The Morgan fingerprint density at radius 1 is 0.410 bits per heavy atom. The molecule has 0 saturated heterocycles. The van der Waals surface area contributed by atoms with Crippen LogP contribution in [0.3, 0.4) is 0 Å². The zero-order valence-corrected chi connectivity index (χ0v) is 66.5. The first-order valence-corrected chi connectivity index (χ1v) is 42.5. The smallest absolute Gasteiger partial charge is 0.306 e. The summed E-state index contributed by atoms with van der Waals surface area (Å²) in [5.41, 5.74) is 8.42. The average molecular weight is 1430 g/mol. The summed E-state index contributed by atoms with van der Waals surface area (Å²) in [6.07, 6.45) is 44.0. The Balaban J connectivity index is 0.461. The normalized spacial score (nSPS) is 30.3. The third-order valence-electron chi connectivity index (χ3n) is 28.7. The molecule has 0 N–H and O–H groups in total. The maximum Gasteiger partial charge on any atom is 0.306 e. The van der Waals surface area contributed by atoms with E-state index in [0.29, 0.717) is 50.1 Å². The van der Waals surface area contributed by atoms with Gasteiger partial charge in [0.1, 0.15) is 35.2 Å². The maximum absolute atomic E-state index is 13.1. The summed E-state index contributed by atoms with van der Waals surface area (Å²) in [7, 11) is 0. The van der Waals surface area contributed by atoms with Crippen molar-refractivity contribution < 1.29 is 38.0 Å².